The van der Waals surface area contributed by atoms with Crippen LogP contribution in [0.5, 0.6) is 5.75 Å². The molecule has 0 radical (unpaired) electrons. The molecule has 13 heavy (non-hydrogen) atoms. The lowest BCUT2D eigenvalue weighted by atomic mass is 10.1. The van der Waals surface area contributed by atoms with Crippen molar-refractivity contribution < 1.29 is 5.11 Å². The van der Waals surface area contributed by atoms with Crippen LogP contribution in [-0.2, 0) is 0 Å². The number of phenols is 1. The second-order valence-electron chi connectivity index (χ2n) is 2.93. The Labute approximate surface area is 76.7 Å². The predicted molar refractivity (Wildman–Crippen MR) is 50.1 cm³/mol. The zero-order valence-corrected chi connectivity index (χ0v) is 7.64. The van der Waals surface area contributed by atoms with Crippen LogP contribution in [0.25, 0.3) is 0 Å². The van der Waals surface area contributed by atoms with E-state index in [9.17, 15) is 10.0 Å². The summed E-state index contributed by atoms with van der Waals surface area (Å²) in [5, 5.41) is 13.3. The maximum atomic E-state index is 10.2. The summed E-state index contributed by atoms with van der Waals surface area (Å²) in [6, 6.07) is 6.66. The Morgan fingerprint density at radius 2 is 2.23 bits per heavy atom. The molecule has 1 aromatic rings. The third-order valence-corrected chi connectivity index (χ3v) is 2.04. The summed E-state index contributed by atoms with van der Waals surface area (Å²) in [7, 11) is 1.60. The van der Waals surface area contributed by atoms with Crippen molar-refractivity contribution >= 4 is 0 Å². The number of nitrogens with zero attached hydrogens (tertiary/aromatic N) is 2. The summed E-state index contributed by atoms with van der Waals surface area (Å²) in [4.78, 5) is 10.2. The fourth-order valence-corrected chi connectivity index (χ4v) is 1.07. The van der Waals surface area contributed by atoms with Gasteiger partial charge in [0.05, 0.1) is 11.3 Å². The third-order valence-electron chi connectivity index (χ3n) is 2.04. The van der Waals surface area contributed by atoms with Crippen molar-refractivity contribution in [2.45, 2.75) is 13.0 Å². The Hall–Kier alpha value is -1.58. The van der Waals surface area contributed by atoms with E-state index in [0.29, 0.717) is 0 Å². The number of phenolic OH excluding ortho intramolecular Hbond substituents is 1. The molecule has 0 aliphatic rings. The Balaban J connectivity index is 2.88. The summed E-state index contributed by atoms with van der Waals surface area (Å²) in [5.74, 6) is 0.198. The van der Waals surface area contributed by atoms with Crippen molar-refractivity contribution in [3.05, 3.63) is 34.7 Å². The Bertz CT molecular complexity index is 301. The largest absolute Gasteiger partial charge is 0.508 e. The van der Waals surface area contributed by atoms with Gasteiger partial charge in [-0.25, -0.2) is 0 Å². The number of rotatable bonds is 3. The van der Waals surface area contributed by atoms with E-state index in [-0.39, 0.29) is 11.8 Å². The topological polar surface area (TPSA) is 52.9 Å². The smallest absolute Gasteiger partial charge is 0.115 e. The minimum atomic E-state index is -0.121. The zero-order chi connectivity index (χ0) is 9.84. The molecule has 1 rings (SSSR count). The van der Waals surface area contributed by atoms with Gasteiger partial charge >= 0.3 is 0 Å². The van der Waals surface area contributed by atoms with Crippen molar-refractivity contribution in [1.82, 2.24) is 5.01 Å². The number of hydrogen-bond acceptors (Lipinski definition) is 3. The quantitative estimate of drug-likeness (QED) is 0.572. The zero-order valence-electron chi connectivity index (χ0n) is 7.64. The van der Waals surface area contributed by atoms with Crippen molar-refractivity contribution in [3.63, 3.8) is 0 Å². The SMILES string of the molecule is C[C@@H](c1cccc(O)c1)N(C)N=O. The highest BCUT2D eigenvalue weighted by Crippen LogP contribution is 2.21. The van der Waals surface area contributed by atoms with Crippen LogP contribution in [0.1, 0.15) is 18.5 Å². The lowest BCUT2D eigenvalue weighted by Crippen LogP contribution is -2.14. The van der Waals surface area contributed by atoms with E-state index in [4.69, 9.17) is 0 Å². The molecule has 0 aromatic heterocycles. The molecule has 0 fully saturated rings. The molecule has 0 aliphatic heterocycles. The third kappa shape index (κ3) is 2.18. The average molecular weight is 180 g/mol. The van der Waals surface area contributed by atoms with Crippen molar-refractivity contribution in [2.24, 2.45) is 5.29 Å². The first-order valence-corrected chi connectivity index (χ1v) is 4.00. The van der Waals surface area contributed by atoms with Gasteiger partial charge in [-0.15, -0.1) is 4.91 Å². The van der Waals surface area contributed by atoms with Crippen molar-refractivity contribution in [2.75, 3.05) is 7.05 Å². The Kier molecular flexibility index (Phi) is 2.84. The van der Waals surface area contributed by atoms with E-state index in [1.165, 1.54) is 5.01 Å². The first-order valence-electron chi connectivity index (χ1n) is 4.00. The molecule has 0 saturated carbocycles. The Morgan fingerprint density at radius 1 is 1.54 bits per heavy atom. The highest BCUT2D eigenvalue weighted by molar-refractivity contribution is 5.28. The molecule has 0 unspecified atom stereocenters. The summed E-state index contributed by atoms with van der Waals surface area (Å²) >= 11 is 0. The van der Waals surface area contributed by atoms with Crippen LogP contribution >= 0.6 is 0 Å². The molecular weight excluding hydrogens is 168 g/mol. The fourth-order valence-electron chi connectivity index (χ4n) is 1.07. The summed E-state index contributed by atoms with van der Waals surface area (Å²) in [5.41, 5.74) is 0.863. The molecule has 0 amide bonds. The molecule has 0 spiro atoms. The maximum Gasteiger partial charge on any atom is 0.115 e. The molecule has 1 atom stereocenters. The van der Waals surface area contributed by atoms with E-state index in [1.807, 2.05) is 13.0 Å². The van der Waals surface area contributed by atoms with Gasteiger partial charge in [-0.3, -0.25) is 5.01 Å². The lowest BCUT2D eigenvalue weighted by molar-refractivity contribution is 0.270. The minimum Gasteiger partial charge on any atom is -0.508 e. The monoisotopic (exact) mass is 180 g/mol. The fraction of sp³-hybridized carbons (Fsp3) is 0.333. The molecule has 0 aliphatic carbocycles. The van der Waals surface area contributed by atoms with Gasteiger partial charge in [0.1, 0.15) is 5.75 Å². The van der Waals surface area contributed by atoms with Gasteiger partial charge in [-0.05, 0) is 24.6 Å². The first kappa shape index (κ1) is 9.51. The summed E-state index contributed by atoms with van der Waals surface area (Å²) in [6.07, 6.45) is 0. The summed E-state index contributed by atoms with van der Waals surface area (Å²) in [6.45, 7) is 1.84. The van der Waals surface area contributed by atoms with Gasteiger partial charge in [0, 0.05) is 7.05 Å². The second kappa shape index (κ2) is 3.89. The van der Waals surface area contributed by atoms with Crippen LogP contribution in [0.15, 0.2) is 29.6 Å². The van der Waals surface area contributed by atoms with Crippen LogP contribution in [0.3, 0.4) is 0 Å². The van der Waals surface area contributed by atoms with E-state index in [0.717, 1.165) is 5.56 Å². The van der Waals surface area contributed by atoms with Crippen molar-refractivity contribution in [3.8, 4) is 5.75 Å². The Morgan fingerprint density at radius 3 is 2.77 bits per heavy atom. The number of benzene rings is 1. The number of hydrogen-bond donors (Lipinski definition) is 1. The standard InChI is InChI=1S/C9H12N2O2/c1-7(11(2)10-13)8-4-3-5-9(12)6-8/h3-7,12H,1-2H3/t7-/m0/s1. The van der Waals surface area contributed by atoms with Crippen LogP contribution < -0.4 is 0 Å². The minimum absolute atomic E-state index is 0.121. The average Bonchev–Trinajstić information content (AvgIpc) is 2.15. The molecule has 1 aromatic carbocycles. The van der Waals surface area contributed by atoms with Gasteiger partial charge in [0.15, 0.2) is 0 Å². The number of aromatic hydroxyl groups is 1. The van der Waals surface area contributed by atoms with E-state index >= 15 is 0 Å². The normalized spacial score (nSPS) is 12.2. The lowest BCUT2D eigenvalue weighted by Gasteiger charge is -2.18. The van der Waals surface area contributed by atoms with Gasteiger partial charge in [0.25, 0.3) is 0 Å². The van der Waals surface area contributed by atoms with Gasteiger partial charge in [-0.1, -0.05) is 12.1 Å². The van der Waals surface area contributed by atoms with E-state index in [2.05, 4.69) is 5.29 Å². The van der Waals surface area contributed by atoms with Gasteiger partial charge in [0.2, 0.25) is 0 Å². The van der Waals surface area contributed by atoms with Gasteiger partial charge < -0.3 is 5.11 Å². The molecule has 0 heterocycles. The molecular formula is C9H12N2O2. The summed E-state index contributed by atoms with van der Waals surface area (Å²) < 4.78 is 0. The maximum absolute atomic E-state index is 10.2. The highest BCUT2D eigenvalue weighted by Gasteiger charge is 2.10. The molecule has 0 bridgehead atoms. The van der Waals surface area contributed by atoms with Gasteiger partial charge in [-0.2, -0.15) is 0 Å². The van der Waals surface area contributed by atoms with Crippen molar-refractivity contribution in [1.29, 1.82) is 0 Å². The highest BCUT2D eigenvalue weighted by atomic mass is 16.3. The molecule has 70 valence electrons. The molecule has 4 heteroatoms. The first-order chi connectivity index (χ1) is 6.15. The second-order valence-corrected chi connectivity index (χ2v) is 2.93. The van der Waals surface area contributed by atoms with Crippen LogP contribution in [0.4, 0.5) is 0 Å². The van der Waals surface area contributed by atoms with E-state index < -0.39 is 0 Å². The van der Waals surface area contributed by atoms with Crippen LogP contribution in [0, 0.1) is 4.91 Å². The molecule has 4 nitrogen and oxygen atoms in total. The number of nitroso groups, excluding NO2 is 1. The van der Waals surface area contributed by atoms with Crippen LogP contribution in [-0.4, -0.2) is 17.2 Å². The van der Waals surface area contributed by atoms with Crippen LogP contribution in [0.2, 0.25) is 0 Å². The van der Waals surface area contributed by atoms with E-state index in [1.54, 1.807) is 25.2 Å². The molecule has 1 N–H and O–H groups in total. The molecule has 0 saturated heterocycles. The predicted octanol–water partition coefficient (Wildman–Crippen LogP) is 2.07.